The molecule has 0 unspecified atom stereocenters. The molecule has 1 aliphatic heterocycles. The number of rotatable bonds is 5. The number of hydrogen-bond acceptors (Lipinski definition) is 3. The van der Waals surface area contributed by atoms with Crippen molar-refractivity contribution in [3.63, 3.8) is 0 Å². The highest BCUT2D eigenvalue weighted by Gasteiger charge is 2.43. The first-order valence-electron chi connectivity index (χ1n) is 6.64. The fourth-order valence-electron chi connectivity index (χ4n) is 2.26. The maximum absolute atomic E-state index is 12.1. The minimum absolute atomic E-state index is 0.125. The van der Waals surface area contributed by atoms with Gasteiger partial charge in [0.2, 0.25) is 5.91 Å². The van der Waals surface area contributed by atoms with Gasteiger partial charge in [0.15, 0.2) is 0 Å². The zero-order valence-electron chi connectivity index (χ0n) is 10.9. The molecule has 2 fully saturated rings. The molecule has 5 nitrogen and oxygen atoms in total. The number of urea groups is 1. The highest BCUT2D eigenvalue weighted by molar-refractivity contribution is 9.10. The number of ether oxygens (including phenoxy) is 1. The van der Waals surface area contributed by atoms with Crippen molar-refractivity contribution in [2.24, 2.45) is 0 Å². The lowest BCUT2D eigenvalue weighted by molar-refractivity contribution is -0.125. The molecular weight excluding hydrogens is 324 g/mol. The summed E-state index contributed by atoms with van der Waals surface area (Å²) in [6.07, 6.45) is 2.03. The molecule has 0 bridgehead atoms. The van der Waals surface area contributed by atoms with Crippen molar-refractivity contribution < 1.29 is 14.3 Å². The van der Waals surface area contributed by atoms with Crippen LogP contribution in [0.15, 0.2) is 28.7 Å². The number of benzene rings is 1. The van der Waals surface area contributed by atoms with E-state index >= 15 is 0 Å². The molecule has 0 N–H and O–H groups in total. The minimum Gasteiger partial charge on any atom is -0.492 e. The molecule has 0 spiro atoms. The SMILES string of the molecule is O=C1CN(C2CC2)C(=O)N1CCOc1cccc(Br)c1. The van der Waals surface area contributed by atoms with Crippen molar-refractivity contribution in [2.45, 2.75) is 18.9 Å². The van der Waals surface area contributed by atoms with Crippen LogP contribution >= 0.6 is 15.9 Å². The largest absolute Gasteiger partial charge is 0.492 e. The van der Waals surface area contributed by atoms with Crippen molar-refractivity contribution in [1.82, 2.24) is 9.80 Å². The number of carbonyl (C=O) groups excluding carboxylic acids is 2. The first kappa shape index (κ1) is 13.4. The Morgan fingerprint density at radius 2 is 2.10 bits per heavy atom. The molecular formula is C14H15BrN2O3. The van der Waals surface area contributed by atoms with E-state index in [9.17, 15) is 9.59 Å². The van der Waals surface area contributed by atoms with E-state index in [2.05, 4.69) is 15.9 Å². The van der Waals surface area contributed by atoms with Crippen molar-refractivity contribution in [1.29, 1.82) is 0 Å². The molecule has 0 atom stereocenters. The van der Waals surface area contributed by atoms with Crippen LogP contribution in [-0.2, 0) is 4.79 Å². The fraction of sp³-hybridized carbons (Fsp3) is 0.429. The predicted octanol–water partition coefficient (Wildman–Crippen LogP) is 2.25. The van der Waals surface area contributed by atoms with Crippen LogP contribution in [0, 0.1) is 0 Å². The van der Waals surface area contributed by atoms with Crippen LogP contribution in [0.5, 0.6) is 5.75 Å². The number of nitrogens with zero attached hydrogens (tertiary/aromatic N) is 2. The molecule has 1 aromatic carbocycles. The third kappa shape index (κ3) is 2.80. The summed E-state index contributed by atoms with van der Waals surface area (Å²) in [5.41, 5.74) is 0. The van der Waals surface area contributed by atoms with Crippen molar-refractivity contribution in [2.75, 3.05) is 19.7 Å². The number of hydrogen-bond donors (Lipinski definition) is 0. The minimum atomic E-state index is -0.171. The molecule has 0 aromatic heterocycles. The monoisotopic (exact) mass is 338 g/mol. The van der Waals surface area contributed by atoms with Gasteiger partial charge < -0.3 is 9.64 Å². The molecule has 2 aliphatic rings. The van der Waals surface area contributed by atoms with Crippen molar-refractivity contribution in [3.8, 4) is 5.75 Å². The molecule has 1 aromatic rings. The van der Waals surface area contributed by atoms with E-state index in [-0.39, 0.29) is 24.5 Å². The summed E-state index contributed by atoms with van der Waals surface area (Å²) in [6, 6.07) is 7.59. The molecule has 1 heterocycles. The van der Waals surface area contributed by atoms with Gasteiger partial charge >= 0.3 is 6.03 Å². The zero-order chi connectivity index (χ0) is 14.1. The van der Waals surface area contributed by atoms with E-state index in [1.54, 1.807) is 4.90 Å². The van der Waals surface area contributed by atoms with Gasteiger partial charge in [-0.05, 0) is 31.0 Å². The van der Waals surface area contributed by atoms with Gasteiger partial charge in [0, 0.05) is 10.5 Å². The van der Waals surface area contributed by atoms with E-state index in [1.807, 2.05) is 24.3 Å². The van der Waals surface area contributed by atoms with Gasteiger partial charge in [0.1, 0.15) is 18.9 Å². The molecule has 6 heteroatoms. The van der Waals surface area contributed by atoms with Gasteiger partial charge in [-0.1, -0.05) is 22.0 Å². The second-order valence-corrected chi connectivity index (χ2v) is 5.91. The van der Waals surface area contributed by atoms with Crippen LogP contribution in [0.1, 0.15) is 12.8 Å². The third-order valence-corrected chi connectivity index (χ3v) is 3.94. The summed E-state index contributed by atoms with van der Waals surface area (Å²) in [7, 11) is 0. The van der Waals surface area contributed by atoms with Crippen LogP contribution in [0.25, 0.3) is 0 Å². The Bertz CT molecular complexity index is 545. The second-order valence-electron chi connectivity index (χ2n) is 4.99. The van der Waals surface area contributed by atoms with Crippen molar-refractivity contribution >= 4 is 27.9 Å². The average molecular weight is 339 g/mol. The summed E-state index contributed by atoms with van der Waals surface area (Å²) in [6.45, 7) is 0.834. The lowest BCUT2D eigenvalue weighted by atomic mass is 10.3. The van der Waals surface area contributed by atoms with E-state index in [0.29, 0.717) is 13.2 Å². The van der Waals surface area contributed by atoms with Gasteiger partial charge in [-0.15, -0.1) is 0 Å². The quantitative estimate of drug-likeness (QED) is 0.773. The first-order chi connectivity index (χ1) is 9.65. The standard InChI is InChI=1S/C14H15BrN2O3/c15-10-2-1-3-12(8-10)20-7-6-16-13(18)9-17(14(16)19)11-4-5-11/h1-3,8,11H,4-7,9H2. The molecule has 3 amide bonds. The fourth-order valence-corrected chi connectivity index (χ4v) is 2.64. The second kappa shape index (κ2) is 5.44. The normalized spacial score (nSPS) is 18.9. The maximum atomic E-state index is 12.1. The predicted molar refractivity (Wildman–Crippen MR) is 76.5 cm³/mol. The van der Waals surface area contributed by atoms with Crippen LogP contribution in [0.4, 0.5) is 4.79 Å². The molecule has 1 saturated heterocycles. The van der Waals surface area contributed by atoms with E-state index in [4.69, 9.17) is 4.74 Å². The van der Waals surface area contributed by atoms with Gasteiger partial charge in [0.25, 0.3) is 0 Å². The Balaban J connectivity index is 1.53. The number of amides is 3. The Kier molecular flexibility index (Phi) is 3.65. The summed E-state index contributed by atoms with van der Waals surface area (Å²) < 4.78 is 6.50. The smallest absolute Gasteiger partial charge is 0.327 e. The molecule has 3 rings (SSSR count). The van der Waals surface area contributed by atoms with Gasteiger partial charge in [-0.3, -0.25) is 9.69 Å². The van der Waals surface area contributed by atoms with Crippen LogP contribution < -0.4 is 4.74 Å². The number of imide groups is 1. The Labute approximate surface area is 125 Å². The average Bonchev–Trinajstić information content (AvgIpc) is 3.20. The molecule has 106 valence electrons. The summed E-state index contributed by atoms with van der Waals surface area (Å²) in [5, 5.41) is 0. The van der Waals surface area contributed by atoms with Crippen LogP contribution in [-0.4, -0.2) is 47.5 Å². The van der Waals surface area contributed by atoms with Crippen LogP contribution in [0.3, 0.4) is 0 Å². The van der Waals surface area contributed by atoms with Gasteiger partial charge in [-0.2, -0.15) is 0 Å². The summed E-state index contributed by atoms with van der Waals surface area (Å²) in [5.74, 6) is 0.595. The topological polar surface area (TPSA) is 49.9 Å². The Hall–Kier alpha value is -1.56. The molecule has 1 saturated carbocycles. The van der Waals surface area contributed by atoms with Crippen molar-refractivity contribution in [3.05, 3.63) is 28.7 Å². The van der Waals surface area contributed by atoms with Crippen LogP contribution in [0.2, 0.25) is 0 Å². The molecule has 20 heavy (non-hydrogen) atoms. The molecule has 1 aliphatic carbocycles. The highest BCUT2D eigenvalue weighted by atomic mass is 79.9. The molecule has 0 radical (unpaired) electrons. The highest BCUT2D eigenvalue weighted by Crippen LogP contribution is 2.30. The lowest BCUT2D eigenvalue weighted by Gasteiger charge is -2.16. The maximum Gasteiger partial charge on any atom is 0.327 e. The Morgan fingerprint density at radius 3 is 2.80 bits per heavy atom. The third-order valence-electron chi connectivity index (χ3n) is 3.45. The number of carbonyl (C=O) groups is 2. The first-order valence-corrected chi connectivity index (χ1v) is 7.44. The zero-order valence-corrected chi connectivity index (χ0v) is 12.5. The summed E-state index contributed by atoms with van der Waals surface area (Å²) >= 11 is 3.36. The number of halogens is 1. The van der Waals surface area contributed by atoms with Gasteiger partial charge in [0.05, 0.1) is 6.54 Å². The Morgan fingerprint density at radius 1 is 1.30 bits per heavy atom. The lowest BCUT2D eigenvalue weighted by Crippen LogP contribution is -2.36. The summed E-state index contributed by atoms with van der Waals surface area (Å²) in [4.78, 5) is 26.8. The van der Waals surface area contributed by atoms with Gasteiger partial charge in [-0.25, -0.2) is 4.79 Å². The van der Waals surface area contributed by atoms with E-state index in [0.717, 1.165) is 23.1 Å². The van der Waals surface area contributed by atoms with E-state index in [1.165, 1.54) is 4.90 Å². The van der Waals surface area contributed by atoms with E-state index < -0.39 is 0 Å².